The van der Waals surface area contributed by atoms with Crippen LogP contribution in [0, 0.1) is 6.92 Å². The van der Waals surface area contributed by atoms with Gasteiger partial charge in [-0.25, -0.2) is 13.1 Å². The fourth-order valence-electron chi connectivity index (χ4n) is 3.83. The molecule has 156 valence electrons. The molecule has 9 heteroatoms. The Morgan fingerprint density at radius 3 is 2.25 bits per heavy atom. The predicted molar refractivity (Wildman–Crippen MR) is 98.9 cm³/mol. The molecule has 3 aliphatic rings. The number of hydrogen-bond acceptors (Lipinski definition) is 7. The van der Waals surface area contributed by atoms with E-state index in [4.69, 9.17) is 23.7 Å². The van der Waals surface area contributed by atoms with Crippen LogP contribution in [0.2, 0.25) is 0 Å². The summed E-state index contributed by atoms with van der Waals surface area (Å²) in [5, 5.41) is 0. The third-order valence-electron chi connectivity index (χ3n) is 5.11. The van der Waals surface area contributed by atoms with Gasteiger partial charge in [-0.2, -0.15) is 0 Å². The topological polar surface area (TPSA) is 92.3 Å². The Hall–Kier alpha value is -1.07. The maximum atomic E-state index is 13.0. The first-order chi connectivity index (χ1) is 13.0. The van der Waals surface area contributed by atoms with Crippen molar-refractivity contribution in [3.63, 3.8) is 0 Å². The minimum atomic E-state index is -3.79. The number of nitrogens with one attached hydrogen (secondary N) is 1. The fourth-order valence-corrected chi connectivity index (χ4v) is 5.08. The molecule has 3 heterocycles. The summed E-state index contributed by atoms with van der Waals surface area (Å²) in [6.07, 6.45) is -2.32. The van der Waals surface area contributed by atoms with E-state index in [1.165, 1.54) is 0 Å². The summed E-state index contributed by atoms with van der Waals surface area (Å²) in [7, 11) is -3.79. The van der Waals surface area contributed by atoms with E-state index in [9.17, 15) is 8.42 Å². The number of benzene rings is 1. The van der Waals surface area contributed by atoms with Gasteiger partial charge in [0.2, 0.25) is 10.0 Å². The number of fused-ring (bicyclic) bond motifs is 1. The highest BCUT2D eigenvalue weighted by Gasteiger charge is 2.59. The van der Waals surface area contributed by atoms with E-state index in [0.29, 0.717) is 6.61 Å². The van der Waals surface area contributed by atoms with Gasteiger partial charge in [-0.1, -0.05) is 17.7 Å². The second-order valence-corrected chi connectivity index (χ2v) is 10.1. The van der Waals surface area contributed by atoms with Gasteiger partial charge >= 0.3 is 0 Å². The second-order valence-electron chi connectivity index (χ2n) is 8.40. The van der Waals surface area contributed by atoms with Gasteiger partial charge in [-0.3, -0.25) is 0 Å². The monoisotopic (exact) mass is 413 g/mol. The quantitative estimate of drug-likeness (QED) is 0.803. The molecule has 1 aromatic rings. The minimum Gasteiger partial charge on any atom is -0.348 e. The predicted octanol–water partition coefficient (Wildman–Crippen LogP) is 1.67. The van der Waals surface area contributed by atoms with Crippen LogP contribution in [0.3, 0.4) is 0 Å². The first-order valence-electron chi connectivity index (χ1n) is 9.38. The van der Waals surface area contributed by atoms with Crippen molar-refractivity contribution in [3.8, 4) is 0 Å². The molecule has 3 saturated heterocycles. The standard InChI is InChI=1S/C19H27NO7S/c1-11-6-8-12(9-7-11)28(21,22)20-14-15(13-10-23-18(2,3)25-13)24-17-16(14)26-19(4,5)27-17/h6-9,13-17,20H,10H2,1-5H3/t13-,14-,15-,16-,17-/m1/s1. The summed E-state index contributed by atoms with van der Waals surface area (Å²) < 4.78 is 58.1. The maximum absolute atomic E-state index is 13.0. The van der Waals surface area contributed by atoms with Gasteiger partial charge in [-0.05, 0) is 46.8 Å². The molecule has 4 rings (SSSR count). The summed E-state index contributed by atoms with van der Waals surface area (Å²) in [6, 6.07) is 5.99. The van der Waals surface area contributed by atoms with Crippen LogP contribution >= 0.6 is 0 Å². The lowest BCUT2D eigenvalue weighted by Crippen LogP contribution is -2.52. The largest absolute Gasteiger partial charge is 0.348 e. The lowest BCUT2D eigenvalue weighted by atomic mass is 10.0. The highest BCUT2D eigenvalue weighted by Crippen LogP contribution is 2.41. The molecule has 0 aromatic heterocycles. The molecule has 0 radical (unpaired) electrons. The van der Waals surface area contributed by atoms with Gasteiger partial charge in [0.25, 0.3) is 0 Å². The third-order valence-corrected chi connectivity index (χ3v) is 6.58. The summed E-state index contributed by atoms with van der Waals surface area (Å²) in [5.74, 6) is -1.62. The molecule has 0 unspecified atom stereocenters. The molecular formula is C19H27NO7S. The number of aryl methyl sites for hydroxylation is 1. The Bertz CT molecular complexity index is 836. The highest BCUT2D eigenvalue weighted by atomic mass is 32.2. The molecule has 28 heavy (non-hydrogen) atoms. The van der Waals surface area contributed by atoms with E-state index in [0.717, 1.165) is 5.56 Å². The van der Waals surface area contributed by atoms with E-state index in [2.05, 4.69) is 4.72 Å². The lowest BCUT2D eigenvalue weighted by molar-refractivity contribution is -0.223. The Kier molecular flexibility index (Phi) is 4.86. The van der Waals surface area contributed by atoms with Crippen LogP contribution in [0.25, 0.3) is 0 Å². The van der Waals surface area contributed by atoms with Crippen molar-refractivity contribution < 1.29 is 32.1 Å². The summed E-state index contributed by atoms with van der Waals surface area (Å²) in [4.78, 5) is 0.183. The van der Waals surface area contributed by atoms with E-state index >= 15 is 0 Å². The molecule has 0 amide bonds. The molecule has 0 bridgehead atoms. The Labute approximate surface area is 165 Å². The first-order valence-corrected chi connectivity index (χ1v) is 10.9. The van der Waals surface area contributed by atoms with E-state index < -0.39 is 52.2 Å². The van der Waals surface area contributed by atoms with E-state index in [1.54, 1.807) is 38.1 Å². The highest BCUT2D eigenvalue weighted by molar-refractivity contribution is 7.89. The van der Waals surface area contributed by atoms with Crippen molar-refractivity contribution in [1.29, 1.82) is 0 Å². The van der Waals surface area contributed by atoms with Crippen LogP contribution in [0.5, 0.6) is 0 Å². The number of hydrogen-bond donors (Lipinski definition) is 1. The molecule has 5 atom stereocenters. The van der Waals surface area contributed by atoms with Crippen LogP contribution in [0.15, 0.2) is 29.2 Å². The fraction of sp³-hybridized carbons (Fsp3) is 0.684. The minimum absolute atomic E-state index is 0.183. The van der Waals surface area contributed by atoms with Gasteiger partial charge in [0.1, 0.15) is 18.3 Å². The van der Waals surface area contributed by atoms with Crippen LogP contribution in [-0.4, -0.2) is 57.2 Å². The average molecular weight is 413 g/mol. The van der Waals surface area contributed by atoms with Crippen molar-refractivity contribution in [2.75, 3.05) is 6.61 Å². The van der Waals surface area contributed by atoms with Crippen LogP contribution in [-0.2, 0) is 33.7 Å². The molecule has 3 aliphatic heterocycles. The zero-order valence-corrected chi connectivity index (χ0v) is 17.5. The Morgan fingerprint density at radius 1 is 0.964 bits per heavy atom. The normalized spacial score (nSPS) is 36.5. The van der Waals surface area contributed by atoms with Gasteiger partial charge in [0, 0.05) is 0 Å². The van der Waals surface area contributed by atoms with Crippen LogP contribution in [0.1, 0.15) is 33.3 Å². The SMILES string of the molecule is Cc1ccc(S(=O)(=O)N[C@H]2[C@H]3OC(C)(C)O[C@H]3O[C@@H]2[C@H]2COC(C)(C)O2)cc1. The molecule has 3 fully saturated rings. The molecule has 1 N–H and O–H groups in total. The summed E-state index contributed by atoms with van der Waals surface area (Å²) in [6.45, 7) is 9.36. The Balaban J connectivity index is 1.61. The Morgan fingerprint density at radius 2 is 1.64 bits per heavy atom. The number of ether oxygens (including phenoxy) is 5. The lowest BCUT2D eigenvalue weighted by Gasteiger charge is -2.29. The molecule has 0 spiro atoms. The molecule has 8 nitrogen and oxygen atoms in total. The molecule has 1 aromatic carbocycles. The summed E-state index contributed by atoms with van der Waals surface area (Å²) >= 11 is 0. The van der Waals surface area contributed by atoms with Crippen molar-refractivity contribution in [1.82, 2.24) is 4.72 Å². The van der Waals surface area contributed by atoms with Gasteiger partial charge in [-0.15, -0.1) is 0 Å². The first kappa shape index (κ1) is 20.2. The van der Waals surface area contributed by atoms with Crippen LogP contribution < -0.4 is 4.72 Å². The van der Waals surface area contributed by atoms with Gasteiger partial charge in [0.05, 0.1) is 17.5 Å². The zero-order valence-electron chi connectivity index (χ0n) is 16.7. The zero-order chi connectivity index (χ0) is 20.3. The van der Waals surface area contributed by atoms with Crippen molar-refractivity contribution in [2.45, 2.75) is 81.7 Å². The summed E-state index contributed by atoms with van der Waals surface area (Å²) in [5.41, 5.74) is 0.981. The second kappa shape index (κ2) is 6.73. The smallest absolute Gasteiger partial charge is 0.241 e. The molecule has 0 aliphatic carbocycles. The van der Waals surface area contributed by atoms with Crippen LogP contribution in [0.4, 0.5) is 0 Å². The third kappa shape index (κ3) is 3.85. The molecular weight excluding hydrogens is 386 g/mol. The van der Waals surface area contributed by atoms with E-state index in [1.807, 2.05) is 20.8 Å². The number of sulfonamides is 1. The van der Waals surface area contributed by atoms with E-state index in [-0.39, 0.29) is 4.90 Å². The molecule has 0 saturated carbocycles. The van der Waals surface area contributed by atoms with Gasteiger partial charge in [0.15, 0.2) is 17.9 Å². The number of rotatable bonds is 4. The van der Waals surface area contributed by atoms with Crippen molar-refractivity contribution in [3.05, 3.63) is 29.8 Å². The van der Waals surface area contributed by atoms with Crippen molar-refractivity contribution >= 4 is 10.0 Å². The van der Waals surface area contributed by atoms with Gasteiger partial charge < -0.3 is 23.7 Å². The average Bonchev–Trinajstić information content (AvgIpc) is 3.18. The van der Waals surface area contributed by atoms with Crippen molar-refractivity contribution in [2.24, 2.45) is 0 Å². The maximum Gasteiger partial charge on any atom is 0.241 e.